The zero-order valence-corrected chi connectivity index (χ0v) is 24.8. The molecular weight excluding hydrogens is 641 g/mol. The first kappa shape index (κ1) is 26.8. The third-order valence-electron chi connectivity index (χ3n) is 6.79. The maximum absolute atomic E-state index is 6.31. The fraction of sp³-hybridized carbons (Fsp3) is 0.300. The molecule has 0 atom stereocenters. The summed E-state index contributed by atoms with van der Waals surface area (Å²) >= 11 is 0. The molecule has 0 unspecified atom stereocenters. The van der Waals surface area contributed by atoms with Gasteiger partial charge in [-0.15, -0.1) is 18.2 Å². The molecule has 0 saturated heterocycles. The van der Waals surface area contributed by atoms with E-state index in [2.05, 4.69) is 76.5 Å². The van der Waals surface area contributed by atoms with Gasteiger partial charge in [0, 0.05) is 55.8 Å². The van der Waals surface area contributed by atoms with Gasteiger partial charge in [0.2, 0.25) is 6.33 Å². The van der Waals surface area contributed by atoms with Crippen LogP contribution >= 0.6 is 0 Å². The molecule has 0 saturated carbocycles. The molecular formula is C30H31N5OPt-2. The molecule has 4 aromatic heterocycles. The number of pyridine rings is 2. The number of nitrogens with zero attached hydrogens (tertiary/aromatic N) is 5. The van der Waals surface area contributed by atoms with Gasteiger partial charge < -0.3 is 23.3 Å². The average molecular weight is 673 g/mol. The summed E-state index contributed by atoms with van der Waals surface area (Å²) < 4.78 is 12.4. The van der Waals surface area contributed by atoms with E-state index in [-0.39, 0.29) is 26.5 Å². The largest absolute Gasteiger partial charge is 0.510 e. The molecule has 37 heavy (non-hydrogen) atoms. The van der Waals surface area contributed by atoms with E-state index in [0.29, 0.717) is 11.5 Å². The maximum atomic E-state index is 6.31. The second-order valence-corrected chi connectivity index (χ2v) is 10.3. The van der Waals surface area contributed by atoms with Gasteiger partial charge in [0.25, 0.3) is 0 Å². The first-order valence-electron chi connectivity index (χ1n) is 12.1. The van der Waals surface area contributed by atoms with Gasteiger partial charge in [0.15, 0.2) is 0 Å². The Kier molecular flexibility index (Phi) is 7.18. The number of fused-ring (bicyclic) bond motifs is 1. The van der Waals surface area contributed by atoms with Crippen molar-refractivity contribution in [3.8, 4) is 28.6 Å². The van der Waals surface area contributed by atoms with Crippen LogP contribution in [0.15, 0.2) is 42.6 Å². The average Bonchev–Trinajstić information content (AvgIpc) is 3.27. The molecule has 1 aromatic carbocycles. The van der Waals surface area contributed by atoms with Gasteiger partial charge >= 0.3 is 0 Å². The number of aromatic nitrogens is 5. The molecule has 5 rings (SSSR count). The van der Waals surface area contributed by atoms with Crippen molar-refractivity contribution in [3.63, 3.8) is 0 Å². The molecule has 0 fully saturated rings. The summed E-state index contributed by atoms with van der Waals surface area (Å²) in [4.78, 5) is 9.47. The standard InChI is InChI=1S/C30H31N5O.Pt/c1-19-20(2)35-28(27-14-23(12-13-31-27)30(5,6)7)16-26(17-29(35)32-19)36-25-11-9-10-24(15-25)34-18-33(8)21(3)22(34)4;/h9-14,17H,1-8H3;/q-2;. The van der Waals surface area contributed by atoms with Gasteiger partial charge in [-0.1, -0.05) is 44.2 Å². The van der Waals surface area contributed by atoms with Crippen molar-refractivity contribution in [1.82, 2.24) is 18.9 Å². The van der Waals surface area contributed by atoms with Gasteiger partial charge in [-0.3, -0.25) is 0 Å². The fourth-order valence-electron chi connectivity index (χ4n) is 4.29. The van der Waals surface area contributed by atoms with Crippen molar-refractivity contribution in [2.75, 3.05) is 0 Å². The number of rotatable bonds is 4. The predicted molar refractivity (Wildman–Crippen MR) is 140 cm³/mol. The Morgan fingerprint density at radius 2 is 1.70 bits per heavy atom. The van der Waals surface area contributed by atoms with Crippen LogP contribution in [0.3, 0.4) is 0 Å². The van der Waals surface area contributed by atoms with Crippen LogP contribution < -0.4 is 9.30 Å². The summed E-state index contributed by atoms with van der Waals surface area (Å²) in [6.45, 7) is 14.8. The first-order chi connectivity index (χ1) is 17.0. The predicted octanol–water partition coefficient (Wildman–Crippen LogP) is 5.73. The van der Waals surface area contributed by atoms with E-state index in [0.717, 1.165) is 45.5 Å². The molecule has 0 radical (unpaired) electrons. The Labute approximate surface area is 233 Å². The summed E-state index contributed by atoms with van der Waals surface area (Å²) in [5.41, 5.74) is 8.79. The minimum Gasteiger partial charge on any atom is -0.510 e. The van der Waals surface area contributed by atoms with E-state index in [1.807, 2.05) is 53.6 Å². The van der Waals surface area contributed by atoms with Crippen molar-refractivity contribution in [3.05, 3.63) is 89.4 Å². The summed E-state index contributed by atoms with van der Waals surface area (Å²) in [6, 6.07) is 18.8. The number of imidazole rings is 2. The van der Waals surface area contributed by atoms with Crippen LogP contribution in [-0.2, 0) is 33.5 Å². The summed E-state index contributed by atoms with van der Waals surface area (Å²) in [5.74, 6) is 1.16. The number of benzene rings is 1. The second-order valence-electron chi connectivity index (χ2n) is 10.3. The van der Waals surface area contributed by atoms with Crippen molar-refractivity contribution in [2.45, 2.75) is 53.9 Å². The van der Waals surface area contributed by atoms with E-state index < -0.39 is 0 Å². The van der Waals surface area contributed by atoms with Crippen LogP contribution in [0.4, 0.5) is 0 Å². The van der Waals surface area contributed by atoms with Crippen molar-refractivity contribution in [2.24, 2.45) is 7.05 Å². The molecule has 0 bridgehead atoms. The summed E-state index contributed by atoms with van der Waals surface area (Å²) in [6.07, 6.45) is 5.18. The molecule has 7 heteroatoms. The van der Waals surface area contributed by atoms with Gasteiger partial charge in [0.05, 0.1) is 18.4 Å². The van der Waals surface area contributed by atoms with Crippen LogP contribution in [0, 0.1) is 46.2 Å². The first-order valence-corrected chi connectivity index (χ1v) is 12.1. The number of ether oxygens (including phenoxy) is 1. The summed E-state index contributed by atoms with van der Waals surface area (Å²) in [5, 5.41) is 0. The Balaban J connectivity index is 0.00000320. The zero-order chi connectivity index (χ0) is 25.8. The molecule has 0 aliphatic carbocycles. The van der Waals surface area contributed by atoms with E-state index in [1.54, 1.807) is 0 Å². The molecule has 5 aromatic rings. The van der Waals surface area contributed by atoms with Gasteiger partial charge in [-0.2, -0.15) is 12.1 Å². The van der Waals surface area contributed by atoms with Crippen molar-refractivity contribution < 1.29 is 30.4 Å². The van der Waals surface area contributed by atoms with Crippen LogP contribution in [0.25, 0.3) is 22.7 Å². The number of hydrogen-bond acceptors (Lipinski definition) is 3. The molecule has 0 amide bonds. The third-order valence-corrected chi connectivity index (χ3v) is 6.79. The Hall–Kier alpha value is -3.24. The molecule has 4 heterocycles. The van der Waals surface area contributed by atoms with Crippen LogP contribution in [0.2, 0.25) is 0 Å². The number of aryl methyl sites for hydroxylation is 3. The van der Waals surface area contributed by atoms with E-state index in [9.17, 15) is 0 Å². The van der Waals surface area contributed by atoms with Crippen LogP contribution in [-0.4, -0.2) is 18.9 Å². The molecule has 0 spiro atoms. The van der Waals surface area contributed by atoms with Crippen molar-refractivity contribution >= 4 is 5.65 Å². The molecule has 6 nitrogen and oxygen atoms in total. The molecule has 0 N–H and O–H groups in total. The Morgan fingerprint density at radius 3 is 2.38 bits per heavy atom. The van der Waals surface area contributed by atoms with E-state index >= 15 is 0 Å². The van der Waals surface area contributed by atoms with Gasteiger partial charge in [-0.05, 0) is 50.6 Å². The normalized spacial score (nSPS) is 11.6. The topological polar surface area (TPSA) is 48.2 Å². The third kappa shape index (κ3) is 5.00. The van der Waals surface area contributed by atoms with Gasteiger partial charge in [-0.25, -0.2) is 4.98 Å². The Morgan fingerprint density at radius 1 is 0.946 bits per heavy atom. The summed E-state index contributed by atoms with van der Waals surface area (Å²) in [7, 11) is 1.99. The quantitative estimate of drug-likeness (QED) is 0.181. The van der Waals surface area contributed by atoms with Crippen LogP contribution in [0.1, 0.15) is 49.1 Å². The number of hydrogen-bond donors (Lipinski definition) is 0. The second kappa shape index (κ2) is 9.90. The molecule has 0 aliphatic heterocycles. The molecule has 194 valence electrons. The SMILES string of the molecule is Cc1nc2cc(Oc3[c-]c(-[n+]4[c-]n(C)c(C)c4C)ccc3)[c-]c(-c3cc(C(C)(C)C)ccn3)n2c1C.[Pt]. The van der Waals surface area contributed by atoms with Crippen molar-refractivity contribution in [1.29, 1.82) is 0 Å². The van der Waals surface area contributed by atoms with Gasteiger partial charge in [0.1, 0.15) is 0 Å². The maximum Gasteiger partial charge on any atom is 0.241 e. The Bertz CT molecular complexity index is 1610. The smallest absolute Gasteiger partial charge is 0.241 e. The monoisotopic (exact) mass is 672 g/mol. The van der Waals surface area contributed by atoms with Crippen LogP contribution in [0.5, 0.6) is 11.5 Å². The minimum atomic E-state index is 0. The molecule has 0 aliphatic rings. The van der Waals surface area contributed by atoms with E-state index in [4.69, 9.17) is 14.7 Å². The fourth-order valence-corrected chi connectivity index (χ4v) is 4.29. The zero-order valence-electron chi connectivity index (χ0n) is 22.5. The van der Waals surface area contributed by atoms with E-state index in [1.165, 1.54) is 5.56 Å². The minimum absolute atomic E-state index is 0.